The van der Waals surface area contributed by atoms with Crippen LogP contribution >= 0.6 is 34.0 Å². The molecule has 3 heterocycles. The molecule has 0 aliphatic carbocycles. The number of hydrogen-bond acceptors (Lipinski definition) is 3. The Morgan fingerprint density at radius 1 is 0.424 bits per heavy atom. The van der Waals surface area contributed by atoms with E-state index in [0.29, 0.717) is 0 Å². The standard InChI is InChI=1S/C30H20S3/c1-4-10-21(11-5-1)24-18-27(32-20-24)30-26(23-14-8-3-9-15-23)19-28(33-30)29-25(16-17-31-29)22-12-6-2-7-13-22/h1-20H. The molecule has 0 bridgehead atoms. The third-order valence-electron chi connectivity index (χ3n) is 5.72. The fourth-order valence-corrected chi connectivity index (χ4v) is 7.38. The van der Waals surface area contributed by atoms with Gasteiger partial charge in [0.2, 0.25) is 0 Å². The topological polar surface area (TPSA) is 0 Å². The molecule has 33 heavy (non-hydrogen) atoms. The molecule has 0 N–H and O–H groups in total. The Kier molecular flexibility index (Phi) is 5.53. The lowest BCUT2D eigenvalue weighted by molar-refractivity contribution is 1.66. The number of rotatable bonds is 5. The largest absolute Gasteiger partial charge is 0.142 e. The molecule has 3 heteroatoms. The van der Waals surface area contributed by atoms with Crippen molar-refractivity contribution in [2.75, 3.05) is 0 Å². The molecule has 0 unspecified atom stereocenters. The SMILES string of the molecule is c1ccc(-c2csc(-c3sc(-c4sccc4-c4ccccc4)cc3-c3ccccc3)c2)cc1. The van der Waals surface area contributed by atoms with Crippen molar-refractivity contribution in [3.05, 3.63) is 120 Å². The van der Waals surface area contributed by atoms with Crippen LogP contribution in [0.3, 0.4) is 0 Å². The smallest absolute Gasteiger partial charge is 0.0528 e. The van der Waals surface area contributed by atoms with Crippen molar-refractivity contribution < 1.29 is 0 Å². The van der Waals surface area contributed by atoms with Gasteiger partial charge in [-0.1, -0.05) is 91.0 Å². The van der Waals surface area contributed by atoms with E-state index in [0.717, 1.165) is 0 Å². The van der Waals surface area contributed by atoms with E-state index in [-0.39, 0.29) is 0 Å². The molecule has 0 fully saturated rings. The average Bonchev–Trinajstić information content (AvgIpc) is 3.65. The highest BCUT2D eigenvalue weighted by atomic mass is 32.1. The summed E-state index contributed by atoms with van der Waals surface area (Å²) in [6.45, 7) is 0. The molecule has 0 spiro atoms. The number of hydrogen-bond donors (Lipinski definition) is 0. The highest BCUT2D eigenvalue weighted by Gasteiger charge is 2.19. The van der Waals surface area contributed by atoms with Gasteiger partial charge < -0.3 is 0 Å². The second-order valence-corrected chi connectivity index (χ2v) is 10.7. The summed E-state index contributed by atoms with van der Waals surface area (Å²) in [6.07, 6.45) is 0. The molecule has 0 amide bonds. The minimum Gasteiger partial charge on any atom is -0.142 e. The molecule has 6 rings (SSSR count). The summed E-state index contributed by atoms with van der Waals surface area (Å²) in [5.41, 5.74) is 7.71. The van der Waals surface area contributed by atoms with E-state index in [1.165, 1.54) is 52.9 Å². The predicted octanol–water partition coefficient (Wildman–Crippen LogP) is 10.2. The molecular formula is C30H20S3. The molecule has 0 nitrogen and oxygen atoms in total. The minimum atomic E-state index is 1.27. The van der Waals surface area contributed by atoms with Gasteiger partial charge in [-0.15, -0.1) is 34.0 Å². The van der Waals surface area contributed by atoms with Gasteiger partial charge in [0.1, 0.15) is 0 Å². The Balaban J connectivity index is 1.49. The van der Waals surface area contributed by atoms with Gasteiger partial charge in [-0.3, -0.25) is 0 Å². The third kappa shape index (κ3) is 4.00. The van der Waals surface area contributed by atoms with E-state index in [1.54, 1.807) is 0 Å². The summed E-state index contributed by atoms with van der Waals surface area (Å²) in [5, 5.41) is 4.48. The highest BCUT2D eigenvalue weighted by molar-refractivity contribution is 7.26. The van der Waals surface area contributed by atoms with Crippen LogP contribution < -0.4 is 0 Å². The Labute approximate surface area is 206 Å². The summed E-state index contributed by atoms with van der Waals surface area (Å²) in [4.78, 5) is 5.33. The Hall–Kier alpha value is -3.24. The van der Waals surface area contributed by atoms with Crippen molar-refractivity contribution in [1.82, 2.24) is 0 Å². The predicted molar refractivity (Wildman–Crippen MR) is 147 cm³/mol. The summed E-state index contributed by atoms with van der Waals surface area (Å²) in [5.74, 6) is 0. The Morgan fingerprint density at radius 3 is 1.70 bits per heavy atom. The first-order valence-electron chi connectivity index (χ1n) is 10.8. The van der Waals surface area contributed by atoms with E-state index in [1.807, 2.05) is 34.0 Å². The zero-order chi connectivity index (χ0) is 22.0. The van der Waals surface area contributed by atoms with Crippen LogP contribution in [0.15, 0.2) is 120 Å². The van der Waals surface area contributed by atoms with Crippen LogP contribution in [-0.4, -0.2) is 0 Å². The van der Waals surface area contributed by atoms with Crippen molar-refractivity contribution in [3.8, 4) is 52.9 Å². The van der Waals surface area contributed by atoms with Crippen LogP contribution in [0.1, 0.15) is 0 Å². The lowest BCUT2D eigenvalue weighted by Crippen LogP contribution is -1.77. The first-order valence-corrected chi connectivity index (χ1v) is 13.4. The monoisotopic (exact) mass is 476 g/mol. The molecule has 0 radical (unpaired) electrons. The number of benzene rings is 3. The van der Waals surface area contributed by atoms with Gasteiger partial charge in [-0.25, -0.2) is 0 Å². The van der Waals surface area contributed by atoms with Crippen LogP contribution in [0.4, 0.5) is 0 Å². The normalized spacial score (nSPS) is 11.0. The van der Waals surface area contributed by atoms with Gasteiger partial charge in [-0.05, 0) is 51.2 Å². The van der Waals surface area contributed by atoms with Gasteiger partial charge in [0.25, 0.3) is 0 Å². The first-order chi connectivity index (χ1) is 16.4. The Bertz CT molecular complexity index is 1490. The zero-order valence-corrected chi connectivity index (χ0v) is 20.2. The fourth-order valence-electron chi connectivity index (χ4n) is 4.10. The quantitative estimate of drug-likeness (QED) is 0.232. The van der Waals surface area contributed by atoms with Crippen molar-refractivity contribution in [2.45, 2.75) is 0 Å². The zero-order valence-electron chi connectivity index (χ0n) is 17.8. The maximum atomic E-state index is 2.38. The molecule has 0 atom stereocenters. The van der Waals surface area contributed by atoms with E-state index in [9.17, 15) is 0 Å². The minimum absolute atomic E-state index is 1.27. The van der Waals surface area contributed by atoms with Crippen molar-refractivity contribution in [3.63, 3.8) is 0 Å². The van der Waals surface area contributed by atoms with Crippen molar-refractivity contribution in [2.24, 2.45) is 0 Å². The summed E-state index contributed by atoms with van der Waals surface area (Å²) in [6, 6.07) is 39.1. The molecular weight excluding hydrogens is 457 g/mol. The second kappa shape index (κ2) is 8.95. The number of thiophene rings is 3. The van der Waals surface area contributed by atoms with E-state index in [2.05, 4.69) is 120 Å². The van der Waals surface area contributed by atoms with Gasteiger partial charge >= 0.3 is 0 Å². The fraction of sp³-hybridized carbons (Fsp3) is 0. The van der Waals surface area contributed by atoms with Crippen molar-refractivity contribution >= 4 is 34.0 Å². The van der Waals surface area contributed by atoms with Crippen LogP contribution in [-0.2, 0) is 0 Å². The van der Waals surface area contributed by atoms with Gasteiger partial charge in [-0.2, -0.15) is 0 Å². The van der Waals surface area contributed by atoms with E-state index < -0.39 is 0 Å². The lowest BCUT2D eigenvalue weighted by Gasteiger charge is -2.02. The Morgan fingerprint density at radius 2 is 1.03 bits per heavy atom. The van der Waals surface area contributed by atoms with Gasteiger partial charge in [0.15, 0.2) is 0 Å². The maximum absolute atomic E-state index is 2.38. The summed E-state index contributed by atoms with van der Waals surface area (Å²) in [7, 11) is 0. The van der Waals surface area contributed by atoms with E-state index in [4.69, 9.17) is 0 Å². The first kappa shape index (κ1) is 20.4. The molecule has 0 saturated heterocycles. The van der Waals surface area contributed by atoms with Gasteiger partial charge in [0.05, 0.1) is 9.75 Å². The highest BCUT2D eigenvalue weighted by Crippen LogP contribution is 2.49. The molecule has 6 aromatic rings. The lowest BCUT2D eigenvalue weighted by atomic mass is 10.0. The van der Waals surface area contributed by atoms with Crippen molar-refractivity contribution in [1.29, 1.82) is 0 Å². The van der Waals surface area contributed by atoms with Crippen LogP contribution in [0.2, 0.25) is 0 Å². The molecule has 3 aromatic carbocycles. The molecule has 0 aliphatic rings. The summed E-state index contributed by atoms with van der Waals surface area (Å²) >= 11 is 5.56. The average molecular weight is 477 g/mol. The van der Waals surface area contributed by atoms with Gasteiger partial charge in [0, 0.05) is 20.9 Å². The maximum Gasteiger partial charge on any atom is 0.0528 e. The van der Waals surface area contributed by atoms with Crippen LogP contribution in [0, 0.1) is 0 Å². The molecule has 0 aliphatic heterocycles. The molecule has 3 aromatic heterocycles. The second-order valence-electron chi connectivity index (χ2n) is 7.81. The van der Waals surface area contributed by atoms with E-state index >= 15 is 0 Å². The summed E-state index contributed by atoms with van der Waals surface area (Å²) < 4.78 is 0. The third-order valence-corrected chi connectivity index (χ3v) is 9.06. The molecule has 158 valence electrons. The molecule has 0 saturated carbocycles. The van der Waals surface area contributed by atoms with Crippen LogP contribution in [0.25, 0.3) is 52.9 Å². The van der Waals surface area contributed by atoms with Crippen LogP contribution in [0.5, 0.6) is 0 Å².